The third kappa shape index (κ3) is 4.07. The molecule has 3 N–H and O–H groups in total. The zero-order valence-corrected chi connectivity index (χ0v) is 16.0. The largest absolute Gasteiger partial charge is 0.444 e. The maximum absolute atomic E-state index is 12.0. The van der Waals surface area contributed by atoms with E-state index in [1.165, 1.54) is 38.5 Å². The molecule has 138 valence electrons. The van der Waals surface area contributed by atoms with Crippen molar-refractivity contribution in [2.45, 2.75) is 78.2 Å². The van der Waals surface area contributed by atoms with E-state index in [1.807, 2.05) is 20.8 Å². The maximum Gasteiger partial charge on any atom is 0.407 e. The Labute approximate surface area is 147 Å². The Bertz CT molecular complexity index is 447. The molecule has 4 rings (SSSR count). The number of ether oxygens (including phenoxy) is 1. The molecule has 0 radical (unpaired) electrons. The summed E-state index contributed by atoms with van der Waals surface area (Å²) < 4.78 is 5.38. The van der Waals surface area contributed by atoms with E-state index in [2.05, 4.69) is 12.2 Å². The number of carbonyl (C=O) groups excluding carboxylic acids is 1. The minimum Gasteiger partial charge on any atom is -0.444 e. The lowest BCUT2D eigenvalue weighted by molar-refractivity contribution is -0.0752. The topological polar surface area (TPSA) is 64.3 Å². The second kappa shape index (κ2) is 6.19. The van der Waals surface area contributed by atoms with Crippen molar-refractivity contribution in [2.24, 2.45) is 34.3 Å². The Balaban J connectivity index is 1.60. The highest BCUT2D eigenvalue weighted by Gasteiger charge is 2.52. The van der Waals surface area contributed by atoms with Crippen LogP contribution in [0.2, 0.25) is 0 Å². The Morgan fingerprint density at radius 1 is 1.08 bits per heavy atom. The third-order valence-corrected chi connectivity index (χ3v) is 6.52. The SMILES string of the molecule is CC(CN)(CNC(=O)OC(C)(C)C)CC12CC3CC(CC(C3)C1)C2. The fourth-order valence-electron chi connectivity index (χ4n) is 6.22. The smallest absolute Gasteiger partial charge is 0.407 e. The number of alkyl carbamates (subject to hydrolysis) is 1. The fourth-order valence-corrected chi connectivity index (χ4v) is 6.22. The molecule has 0 aromatic carbocycles. The molecule has 1 atom stereocenters. The Hall–Kier alpha value is -0.770. The molecule has 1 unspecified atom stereocenters. The molecule has 0 aliphatic heterocycles. The van der Waals surface area contributed by atoms with Crippen molar-refractivity contribution in [3.05, 3.63) is 0 Å². The number of carbonyl (C=O) groups is 1. The molecule has 24 heavy (non-hydrogen) atoms. The number of nitrogens with one attached hydrogen (secondary N) is 1. The predicted molar refractivity (Wildman–Crippen MR) is 96.6 cm³/mol. The van der Waals surface area contributed by atoms with Crippen molar-refractivity contribution < 1.29 is 9.53 Å². The molecule has 0 spiro atoms. The molecular weight excluding hydrogens is 300 g/mol. The van der Waals surface area contributed by atoms with Gasteiger partial charge in [-0.25, -0.2) is 4.79 Å². The second-order valence-corrected chi connectivity index (χ2v) is 10.5. The van der Waals surface area contributed by atoms with E-state index in [-0.39, 0.29) is 11.5 Å². The number of rotatable bonds is 5. The van der Waals surface area contributed by atoms with E-state index in [1.54, 1.807) is 0 Å². The van der Waals surface area contributed by atoms with Crippen LogP contribution in [0.4, 0.5) is 4.79 Å². The number of hydrogen-bond donors (Lipinski definition) is 2. The molecule has 4 aliphatic rings. The van der Waals surface area contributed by atoms with Crippen LogP contribution in [0.3, 0.4) is 0 Å². The number of amides is 1. The Kier molecular flexibility index (Phi) is 4.65. The average molecular weight is 337 g/mol. The summed E-state index contributed by atoms with van der Waals surface area (Å²) in [6.45, 7) is 9.14. The van der Waals surface area contributed by atoms with E-state index in [4.69, 9.17) is 10.5 Å². The summed E-state index contributed by atoms with van der Waals surface area (Å²) in [5.74, 6) is 2.87. The van der Waals surface area contributed by atoms with Gasteiger partial charge in [-0.05, 0) is 101 Å². The van der Waals surface area contributed by atoms with Gasteiger partial charge in [-0.3, -0.25) is 0 Å². The second-order valence-electron chi connectivity index (χ2n) is 10.5. The number of nitrogens with two attached hydrogens (primary N) is 1. The van der Waals surface area contributed by atoms with Crippen LogP contribution in [-0.4, -0.2) is 24.8 Å². The highest BCUT2D eigenvalue weighted by atomic mass is 16.6. The molecular formula is C20H36N2O2. The minimum absolute atomic E-state index is 0.0391. The maximum atomic E-state index is 12.0. The Morgan fingerprint density at radius 3 is 2.00 bits per heavy atom. The third-order valence-electron chi connectivity index (χ3n) is 6.52. The van der Waals surface area contributed by atoms with Crippen LogP contribution in [0.5, 0.6) is 0 Å². The molecule has 4 bridgehead atoms. The van der Waals surface area contributed by atoms with Crippen LogP contribution in [0.25, 0.3) is 0 Å². The summed E-state index contributed by atoms with van der Waals surface area (Å²) in [7, 11) is 0. The summed E-state index contributed by atoms with van der Waals surface area (Å²) >= 11 is 0. The van der Waals surface area contributed by atoms with Gasteiger partial charge in [0.2, 0.25) is 0 Å². The fraction of sp³-hybridized carbons (Fsp3) is 0.950. The average Bonchev–Trinajstić information content (AvgIpc) is 2.41. The molecule has 4 nitrogen and oxygen atoms in total. The van der Waals surface area contributed by atoms with Crippen molar-refractivity contribution in [3.8, 4) is 0 Å². The summed E-state index contributed by atoms with van der Waals surface area (Å²) in [5, 5.41) is 2.97. The first-order valence-electron chi connectivity index (χ1n) is 9.77. The molecule has 1 amide bonds. The molecule has 0 saturated heterocycles. The van der Waals surface area contributed by atoms with Gasteiger partial charge in [0.25, 0.3) is 0 Å². The van der Waals surface area contributed by atoms with Crippen molar-refractivity contribution in [1.82, 2.24) is 5.32 Å². The van der Waals surface area contributed by atoms with E-state index < -0.39 is 5.60 Å². The summed E-state index contributed by atoms with van der Waals surface area (Å²) in [4.78, 5) is 12.0. The first-order chi connectivity index (χ1) is 11.1. The van der Waals surface area contributed by atoms with Gasteiger partial charge in [-0.15, -0.1) is 0 Å². The number of hydrogen-bond acceptors (Lipinski definition) is 3. The van der Waals surface area contributed by atoms with Crippen molar-refractivity contribution >= 4 is 6.09 Å². The monoisotopic (exact) mass is 336 g/mol. The zero-order chi connectivity index (χ0) is 17.6. The van der Waals surface area contributed by atoms with Gasteiger partial charge in [0.15, 0.2) is 0 Å². The van der Waals surface area contributed by atoms with Crippen molar-refractivity contribution in [2.75, 3.05) is 13.1 Å². The molecule has 4 saturated carbocycles. The van der Waals surface area contributed by atoms with Gasteiger partial charge in [0.05, 0.1) is 0 Å². The highest BCUT2D eigenvalue weighted by Crippen LogP contribution is 2.62. The van der Waals surface area contributed by atoms with E-state index in [0.717, 1.165) is 24.2 Å². The summed E-state index contributed by atoms with van der Waals surface area (Å²) in [6, 6.07) is 0. The normalized spacial score (nSPS) is 37.1. The van der Waals surface area contributed by atoms with Crippen molar-refractivity contribution in [1.29, 1.82) is 0 Å². The van der Waals surface area contributed by atoms with Gasteiger partial charge in [-0.1, -0.05) is 6.92 Å². The first kappa shape index (κ1) is 18.0. The van der Waals surface area contributed by atoms with E-state index in [9.17, 15) is 4.79 Å². The van der Waals surface area contributed by atoms with Gasteiger partial charge in [-0.2, -0.15) is 0 Å². The molecule has 0 aromatic rings. The minimum atomic E-state index is -0.455. The molecule has 4 heteroatoms. The molecule has 0 aromatic heterocycles. The van der Waals surface area contributed by atoms with Gasteiger partial charge >= 0.3 is 6.09 Å². The Morgan fingerprint density at radius 2 is 1.58 bits per heavy atom. The summed E-state index contributed by atoms with van der Waals surface area (Å²) in [6.07, 6.45) is 9.39. The molecule has 4 aliphatic carbocycles. The van der Waals surface area contributed by atoms with E-state index in [0.29, 0.717) is 18.5 Å². The molecule has 0 heterocycles. The van der Waals surface area contributed by atoms with Gasteiger partial charge in [0, 0.05) is 6.54 Å². The van der Waals surface area contributed by atoms with Crippen LogP contribution in [0.15, 0.2) is 0 Å². The predicted octanol–water partition coefficient (Wildman–Crippen LogP) is 4.08. The summed E-state index contributed by atoms with van der Waals surface area (Å²) in [5.41, 5.74) is 6.15. The van der Waals surface area contributed by atoms with Crippen LogP contribution in [-0.2, 0) is 4.74 Å². The van der Waals surface area contributed by atoms with Crippen LogP contribution in [0.1, 0.15) is 72.6 Å². The van der Waals surface area contributed by atoms with E-state index >= 15 is 0 Å². The van der Waals surface area contributed by atoms with Gasteiger partial charge < -0.3 is 15.8 Å². The quantitative estimate of drug-likeness (QED) is 0.795. The van der Waals surface area contributed by atoms with Crippen molar-refractivity contribution in [3.63, 3.8) is 0 Å². The van der Waals surface area contributed by atoms with Crippen LogP contribution >= 0.6 is 0 Å². The van der Waals surface area contributed by atoms with Crippen LogP contribution in [0, 0.1) is 28.6 Å². The first-order valence-corrected chi connectivity index (χ1v) is 9.77. The molecule has 4 fully saturated rings. The van der Waals surface area contributed by atoms with Gasteiger partial charge in [0.1, 0.15) is 5.60 Å². The highest BCUT2D eigenvalue weighted by molar-refractivity contribution is 5.67. The lowest BCUT2D eigenvalue weighted by Gasteiger charge is -2.59. The standard InChI is InChI=1S/C20H36N2O2/c1-18(2,3)24-17(23)22-13-19(4,12-21)11-20-8-14-5-15(9-20)7-16(6-14)10-20/h14-16H,5-13,21H2,1-4H3,(H,22,23). The van der Waals surface area contributed by atoms with Crippen LogP contribution < -0.4 is 11.1 Å². The lowest BCUT2D eigenvalue weighted by atomic mass is 9.47. The zero-order valence-electron chi connectivity index (χ0n) is 16.0. The lowest BCUT2D eigenvalue weighted by Crippen LogP contribution is -2.51.